The summed E-state index contributed by atoms with van der Waals surface area (Å²) < 4.78 is 5.34. The van der Waals surface area contributed by atoms with Gasteiger partial charge in [-0.1, -0.05) is 18.2 Å². The van der Waals surface area contributed by atoms with Crippen molar-refractivity contribution in [3.05, 3.63) is 29.8 Å². The van der Waals surface area contributed by atoms with Gasteiger partial charge in [-0.05, 0) is 24.5 Å². The van der Waals surface area contributed by atoms with Gasteiger partial charge in [-0.3, -0.25) is 9.63 Å². The van der Waals surface area contributed by atoms with Gasteiger partial charge in [0.15, 0.2) is 0 Å². The third-order valence-corrected chi connectivity index (χ3v) is 4.89. The number of nitrogens with one attached hydrogen (secondary N) is 1. The van der Waals surface area contributed by atoms with E-state index in [1.165, 1.54) is 0 Å². The van der Waals surface area contributed by atoms with E-state index in [1.54, 1.807) is 0 Å². The molecule has 0 aliphatic carbocycles. The van der Waals surface area contributed by atoms with Crippen LogP contribution in [0, 0.1) is 0 Å². The Balaban J connectivity index is 1.48. The van der Waals surface area contributed by atoms with Crippen LogP contribution in [0.3, 0.4) is 0 Å². The number of rotatable bonds is 2. The molecule has 3 aliphatic heterocycles. The van der Waals surface area contributed by atoms with Crippen molar-refractivity contribution in [1.29, 1.82) is 0 Å². The molecule has 2 fully saturated rings. The summed E-state index contributed by atoms with van der Waals surface area (Å²) in [7, 11) is 0. The number of piperidine rings is 1. The summed E-state index contributed by atoms with van der Waals surface area (Å²) in [6.45, 7) is 3.06. The van der Waals surface area contributed by atoms with Gasteiger partial charge in [0, 0.05) is 31.8 Å². The molecule has 1 aromatic carbocycles. The molecule has 1 aromatic rings. The largest absolute Gasteiger partial charge is 0.379 e. The number of para-hydroxylation sites is 1. The Morgan fingerprint density at radius 1 is 1.29 bits per heavy atom. The minimum atomic E-state index is -0.359. The van der Waals surface area contributed by atoms with Gasteiger partial charge in [-0.15, -0.1) is 0 Å². The number of nitrogens with zero attached hydrogens (tertiary/aromatic N) is 1. The van der Waals surface area contributed by atoms with E-state index in [0.29, 0.717) is 6.61 Å². The second kappa shape index (κ2) is 5.09. The second-order valence-corrected chi connectivity index (χ2v) is 6.10. The summed E-state index contributed by atoms with van der Waals surface area (Å²) in [5.41, 5.74) is 1.77. The lowest BCUT2D eigenvalue weighted by atomic mass is 9.74. The molecule has 1 unspecified atom stereocenters. The van der Waals surface area contributed by atoms with Crippen LogP contribution in [0.4, 0.5) is 5.69 Å². The van der Waals surface area contributed by atoms with Crippen molar-refractivity contribution < 1.29 is 14.4 Å². The number of anilines is 1. The number of ether oxygens (including phenoxy) is 1. The molecule has 0 bridgehead atoms. The first-order chi connectivity index (χ1) is 10.3. The van der Waals surface area contributed by atoms with Crippen LogP contribution in [0.5, 0.6) is 0 Å². The van der Waals surface area contributed by atoms with Crippen molar-refractivity contribution in [2.45, 2.75) is 30.8 Å². The molecule has 5 nitrogen and oxygen atoms in total. The van der Waals surface area contributed by atoms with Crippen LogP contribution >= 0.6 is 0 Å². The molecule has 21 heavy (non-hydrogen) atoms. The molecule has 3 heterocycles. The number of hydroxylamine groups is 2. The van der Waals surface area contributed by atoms with Crippen LogP contribution < -0.4 is 5.32 Å². The van der Waals surface area contributed by atoms with Crippen LogP contribution in [0.2, 0.25) is 0 Å². The summed E-state index contributed by atoms with van der Waals surface area (Å²) in [6.07, 6.45) is 2.77. The summed E-state index contributed by atoms with van der Waals surface area (Å²) in [5.74, 6) is 0.146. The molecule has 3 aliphatic rings. The molecule has 1 N–H and O–H groups in total. The molecule has 0 radical (unpaired) electrons. The van der Waals surface area contributed by atoms with E-state index >= 15 is 0 Å². The maximum Gasteiger partial charge on any atom is 0.235 e. The third kappa shape index (κ3) is 2.16. The van der Waals surface area contributed by atoms with E-state index in [-0.39, 0.29) is 17.4 Å². The lowest BCUT2D eigenvalue weighted by Gasteiger charge is -2.38. The first kappa shape index (κ1) is 13.2. The third-order valence-electron chi connectivity index (χ3n) is 4.89. The average molecular weight is 288 g/mol. The number of amides is 1. The van der Waals surface area contributed by atoms with E-state index in [9.17, 15) is 4.79 Å². The lowest BCUT2D eigenvalue weighted by Crippen LogP contribution is -2.47. The Kier molecular flexibility index (Phi) is 3.21. The van der Waals surface area contributed by atoms with Gasteiger partial charge < -0.3 is 10.1 Å². The van der Waals surface area contributed by atoms with Crippen molar-refractivity contribution in [2.75, 3.05) is 31.6 Å². The zero-order valence-corrected chi connectivity index (χ0v) is 12.0. The van der Waals surface area contributed by atoms with Crippen molar-refractivity contribution in [2.24, 2.45) is 0 Å². The maximum absolute atomic E-state index is 12.5. The Morgan fingerprint density at radius 2 is 2.10 bits per heavy atom. The fourth-order valence-electron chi connectivity index (χ4n) is 3.65. The van der Waals surface area contributed by atoms with Crippen LogP contribution in [0.15, 0.2) is 24.3 Å². The maximum atomic E-state index is 12.5. The van der Waals surface area contributed by atoms with E-state index in [4.69, 9.17) is 9.57 Å². The Labute approximate surface area is 124 Å². The van der Waals surface area contributed by atoms with Gasteiger partial charge >= 0.3 is 0 Å². The first-order valence-electron chi connectivity index (χ1n) is 7.68. The van der Waals surface area contributed by atoms with Crippen molar-refractivity contribution in [1.82, 2.24) is 5.06 Å². The van der Waals surface area contributed by atoms with Gasteiger partial charge in [0.05, 0.1) is 12.0 Å². The standard InChI is InChI=1S/C16H20N2O3/c19-15-16(13-3-1-2-4-14(13)17-15)6-8-18(9-7-16)21-12-5-10-20-11-12/h1-4,12H,5-11H2,(H,17,19). The number of hydrogen-bond donors (Lipinski definition) is 1. The zero-order chi connectivity index (χ0) is 14.3. The van der Waals surface area contributed by atoms with Gasteiger partial charge in [-0.2, -0.15) is 5.06 Å². The molecule has 1 atom stereocenters. The van der Waals surface area contributed by atoms with Crippen LogP contribution in [0.25, 0.3) is 0 Å². The summed E-state index contributed by atoms with van der Waals surface area (Å²) in [4.78, 5) is 18.4. The molecule has 112 valence electrons. The second-order valence-electron chi connectivity index (χ2n) is 6.10. The predicted molar refractivity (Wildman–Crippen MR) is 77.9 cm³/mol. The quantitative estimate of drug-likeness (QED) is 0.900. The van der Waals surface area contributed by atoms with Gasteiger partial charge in [0.1, 0.15) is 6.10 Å². The number of carbonyl (C=O) groups is 1. The summed E-state index contributed by atoms with van der Waals surface area (Å²) in [6, 6.07) is 8.05. The van der Waals surface area contributed by atoms with Crippen molar-refractivity contribution >= 4 is 11.6 Å². The molecule has 4 rings (SSSR count). The highest BCUT2D eigenvalue weighted by Crippen LogP contribution is 2.44. The monoisotopic (exact) mass is 288 g/mol. The Bertz CT molecular complexity index is 546. The molecule has 1 spiro atoms. The topological polar surface area (TPSA) is 50.8 Å². The average Bonchev–Trinajstić information content (AvgIpc) is 3.10. The zero-order valence-electron chi connectivity index (χ0n) is 12.0. The summed E-state index contributed by atoms with van der Waals surface area (Å²) in [5, 5.41) is 5.04. The number of benzene rings is 1. The van der Waals surface area contributed by atoms with Crippen molar-refractivity contribution in [3.63, 3.8) is 0 Å². The number of fused-ring (bicyclic) bond motifs is 2. The summed E-state index contributed by atoms with van der Waals surface area (Å²) >= 11 is 0. The normalized spacial score (nSPS) is 27.8. The first-order valence-corrected chi connectivity index (χ1v) is 7.68. The van der Waals surface area contributed by atoms with Crippen LogP contribution in [0.1, 0.15) is 24.8 Å². The van der Waals surface area contributed by atoms with Crippen LogP contribution in [-0.4, -0.2) is 43.4 Å². The molecule has 5 heteroatoms. The fraction of sp³-hybridized carbons (Fsp3) is 0.562. The Hall–Kier alpha value is -1.43. The minimum Gasteiger partial charge on any atom is -0.379 e. The highest BCUT2D eigenvalue weighted by Gasteiger charge is 2.48. The van der Waals surface area contributed by atoms with E-state index in [1.807, 2.05) is 23.3 Å². The highest BCUT2D eigenvalue weighted by molar-refractivity contribution is 6.06. The molecule has 0 saturated carbocycles. The molecular formula is C16H20N2O3. The smallest absolute Gasteiger partial charge is 0.235 e. The van der Waals surface area contributed by atoms with Crippen LogP contribution in [-0.2, 0) is 19.8 Å². The molecule has 2 saturated heterocycles. The van der Waals surface area contributed by atoms with Gasteiger partial charge in [0.2, 0.25) is 5.91 Å². The number of carbonyl (C=O) groups excluding carboxylic acids is 1. The minimum absolute atomic E-state index is 0.146. The SMILES string of the molecule is O=C1Nc2ccccc2C12CCN(OC1CCOC1)CC2. The Morgan fingerprint density at radius 3 is 2.86 bits per heavy atom. The molecule has 1 amide bonds. The molecule has 0 aromatic heterocycles. The van der Waals surface area contributed by atoms with Crippen molar-refractivity contribution in [3.8, 4) is 0 Å². The number of hydrogen-bond acceptors (Lipinski definition) is 4. The van der Waals surface area contributed by atoms with Gasteiger partial charge in [0.25, 0.3) is 0 Å². The van der Waals surface area contributed by atoms with Gasteiger partial charge in [-0.25, -0.2) is 0 Å². The van der Waals surface area contributed by atoms with E-state index in [2.05, 4.69) is 11.4 Å². The predicted octanol–water partition coefficient (Wildman–Crippen LogP) is 1.69. The fourth-order valence-corrected chi connectivity index (χ4v) is 3.65. The van der Waals surface area contributed by atoms with E-state index in [0.717, 1.165) is 50.2 Å². The highest BCUT2D eigenvalue weighted by atomic mass is 16.7. The van der Waals surface area contributed by atoms with E-state index < -0.39 is 0 Å². The lowest BCUT2D eigenvalue weighted by molar-refractivity contribution is -0.209. The molecular weight excluding hydrogens is 268 g/mol.